The highest BCUT2D eigenvalue weighted by molar-refractivity contribution is 6.99. The largest absolute Gasteiger partial charge is 0.444 e. The van der Waals surface area contributed by atoms with Gasteiger partial charge in [-0.05, 0) is 42.6 Å². The van der Waals surface area contributed by atoms with E-state index in [1.807, 2.05) is 32.9 Å². The number of ether oxygens (including phenoxy) is 1. The minimum Gasteiger partial charge on any atom is -0.444 e. The lowest BCUT2D eigenvalue weighted by Crippen LogP contribution is -2.67. The van der Waals surface area contributed by atoms with E-state index >= 15 is 0 Å². The zero-order chi connectivity index (χ0) is 24.3. The lowest BCUT2D eigenvalue weighted by molar-refractivity contribution is 0.0181. The molecule has 0 radical (unpaired) electrons. The van der Waals surface area contributed by atoms with Crippen molar-refractivity contribution < 1.29 is 14.0 Å². The predicted octanol–water partition coefficient (Wildman–Crippen LogP) is 4.71. The zero-order valence-electron chi connectivity index (χ0n) is 20.7. The highest BCUT2D eigenvalue weighted by Crippen LogP contribution is 2.37. The maximum absolute atomic E-state index is 12.9. The molecule has 176 valence electrons. The number of nitriles is 1. The molecule has 2 aromatic carbocycles. The first-order valence-electron chi connectivity index (χ1n) is 11.6. The van der Waals surface area contributed by atoms with Crippen LogP contribution in [0.25, 0.3) is 0 Å². The first-order valence-corrected chi connectivity index (χ1v) is 13.5. The lowest BCUT2D eigenvalue weighted by Gasteiger charge is -2.44. The standard InChI is InChI=1S/C27H36N2O3Si/c1-26(2,3)32-25(30)29-19-21(18-28)17-22(29)20-31-33(27(4,5)6,23-13-9-7-10-14-23)24-15-11-8-12-16-24/h7-16,21-22H,17,19-20H2,1-6H3/t21-,22-/m0/s1. The van der Waals surface area contributed by atoms with Crippen LogP contribution in [0.3, 0.4) is 0 Å². The van der Waals surface area contributed by atoms with Crippen molar-refractivity contribution in [1.82, 2.24) is 4.90 Å². The molecule has 0 bridgehead atoms. The SMILES string of the molecule is CC(C)(C)OC(=O)N1C[C@H](C#N)C[C@H]1CO[Si](c1ccccc1)(c1ccccc1)C(C)(C)C. The summed E-state index contributed by atoms with van der Waals surface area (Å²) in [5, 5.41) is 11.8. The molecule has 1 aliphatic heterocycles. The Bertz CT molecular complexity index is 935. The number of carbonyl (C=O) groups excluding carboxylic acids is 1. The summed E-state index contributed by atoms with van der Waals surface area (Å²) >= 11 is 0. The second-order valence-corrected chi connectivity index (χ2v) is 15.1. The lowest BCUT2D eigenvalue weighted by atomic mass is 10.1. The van der Waals surface area contributed by atoms with E-state index in [-0.39, 0.29) is 23.1 Å². The molecule has 0 N–H and O–H groups in total. The van der Waals surface area contributed by atoms with Gasteiger partial charge in [-0.15, -0.1) is 0 Å². The fourth-order valence-corrected chi connectivity index (χ4v) is 9.29. The molecule has 1 fully saturated rings. The molecule has 5 nitrogen and oxygen atoms in total. The van der Waals surface area contributed by atoms with E-state index in [1.165, 1.54) is 10.4 Å². The van der Waals surface area contributed by atoms with Gasteiger partial charge >= 0.3 is 6.09 Å². The van der Waals surface area contributed by atoms with Gasteiger partial charge in [0.15, 0.2) is 0 Å². The Morgan fingerprint density at radius 2 is 1.52 bits per heavy atom. The molecule has 0 spiro atoms. The normalized spacial score (nSPS) is 19.2. The van der Waals surface area contributed by atoms with Gasteiger partial charge in [0.2, 0.25) is 0 Å². The predicted molar refractivity (Wildman–Crippen MR) is 134 cm³/mol. The van der Waals surface area contributed by atoms with Crippen molar-refractivity contribution in [3.63, 3.8) is 0 Å². The molecular formula is C27H36N2O3Si. The van der Waals surface area contributed by atoms with Gasteiger partial charge in [0.25, 0.3) is 8.32 Å². The monoisotopic (exact) mass is 464 g/mol. The molecule has 0 unspecified atom stereocenters. The van der Waals surface area contributed by atoms with Gasteiger partial charge in [-0.1, -0.05) is 81.4 Å². The summed E-state index contributed by atoms with van der Waals surface area (Å²) in [4.78, 5) is 14.6. The van der Waals surface area contributed by atoms with Crippen LogP contribution >= 0.6 is 0 Å². The number of rotatable bonds is 5. The van der Waals surface area contributed by atoms with E-state index in [2.05, 4.69) is 75.4 Å². The molecule has 0 aliphatic carbocycles. The summed E-state index contributed by atoms with van der Waals surface area (Å²) in [5.41, 5.74) is -0.592. The van der Waals surface area contributed by atoms with Gasteiger partial charge in [0, 0.05) is 6.54 Å². The van der Waals surface area contributed by atoms with Crippen LogP contribution in [0.1, 0.15) is 48.0 Å². The van der Waals surface area contributed by atoms with E-state index in [0.717, 1.165) is 0 Å². The zero-order valence-corrected chi connectivity index (χ0v) is 21.7. The summed E-state index contributed by atoms with van der Waals surface area (Å²) in [6.45, 7) is 13.0. The van der Waals surface area contributed by atoms with Crippen LogP contribution in [-0.4, -0.2) is 44.1 Å². The molecule has 6 heteroatoms. The van der Waals surface area contributed by atoms with Crippen molar-refractivity contribution in [3.8, 4) is 6.07 Å². The van der Waals surface area contributed by atoms with Crippen LogP contribution in [0.5, 0.6) is 0 Å². The van der Waals surface area contributed by atoms with Gasteiger partial charge in [0.05, 0.1) is 24.6 Å². The maximum Gasteiger partial charge on any atom is 0.410 e. The Morgan fingerprint density at radius 1 is 1.00 bits per heavy atom. The van der Waals surface area contributed by atoms with Gasteiger partial charge in [-0.3, -0.25) is 0 Å². The molecule has 33 heavy (non-hydrogen) atoms. The Morgan fingerprint density at radius 3 is 1.94 bits per heavy atom. The number of amides is 1. The first kappa shape index (κ1) is 25.0. The molecule has 2 atom stereocenters. The highest BCUT2D eigenvalue weighted by atomic mass is 28.4. The Hall–Kier alpha value is -2.62. The van der Waals surface area contributed by atoms with Crippen molar-refractivity contribution in [2.24, 2.45) is 5.92 Å². The second kappa shape index (κ2) is 9.70. The quantitative estimate of drug-likeness (QED) is 0.601. The number of likely N-dealkylation sites (tertiary alicyclic amines) is 1. The third-order valence-corrected chi connectivity index (χ3v) is 11.1. The number of hydrogen-bond donors (Lipinski definition) is 0. The Kier molecular flexibility index (Phi) is 7.35. The molecule has 1 heterocycles. The fraction of sp³-hybridized carbons (Fsp3) is 0.481. The van der Waals surface area contributed by atoms with Crippen LogP contribution in [0.15, 0.2) is 60.7 Å². The summed E-state index contributed by atoms with van der Waals surface area (Å²) in [6, 6.07) is 23.0. The molecule has 0 aromatic heterocycles. The fourth-order valence-electron chi connectivity index (χ4n) is 4.70. The smallest absolute Gasteiger partial charge is 0.410 e. The van der Waals surface area contributed by atoms with Crippen molar-refractivity contribution in [3.05, 3.63) is 60.7 Å². The van der Waals surface area contributed by atoms with Crippen LogP contribution in [0, 0.1) is 17.2 Å². The highest BCUT2D eigenvalue weighted by Gasteiger charge is 2.51. The molecule has 1 saturated heterocycles. The number of hydrogen-bond acceptors (Lipinski definition) is 4. The van der Waals surface area contributed by atoms with Crippen molar-refractivity contribution >= 4 is 24.8 Å². The molecular weight excluding hydrogens is 428 g/mol. The van der Waals surface area contributed by atoms with E-state index in [1.54, 1.807) is 4.90 Å². The average molecular weight is 465 g/mol. The van der Waals surface area contributed by atoms with Crippen molar-refractivity contribution in [2.75, 3.05) is 13.2 Å². The Balaban J connectivity index is 1.98. The van der Waals surface area contributed by atoms with Crippen LogP contribution in [-0.2, 0) is 9.16 Å². The van der Waals surface area contributed by atoms with Gasteiger partial charge in [-0.2, -0.15) is 5.26 Å². The van der Waals surface area contributed by atoms with Crippen LogP contribution in [0.2, 0.25) is 5.04 Å². The van der Waals surface area contributed by atoms with Crippen LogP contribution in [0.4, 0.5) is 4.79 Å². The number of benzene rings is 2. The minimum absolute atomic E-state index is 0.153. The summed E-state index contributed by atoms with van der Waals surface area (Å²) in [7, 11) is -2.72. The first-order chi connectivity index (χ1) is 15.5. The van der Waals surface area contributed by atoms with Crippen LogP contribution < -0.4 is 10.4 Å². The second-order valence-electron chi connectivity index (χ2n) is 10.8. The van der Waals surface area contributed by atoms with E-state index < -0.39 is 13.9 Å². The van der Waals surface area contributed by atoms with Crippen molar-refractivity contribution in [1.29, 1.82) is 5.26 Å². The number of carbonyl (C=O) groups is 1. The molecule has 3 rings (SSSR count). The van der Waals surface area contributed by atoms with Gasteiger partial charge in [0.1, 0.15) is 5.60 Å². The van der Waals surface area contributed by atoms with E-state index in [0.29, 0.717) is 19.6 Å². The molecule has 1 amide bonds. The van der Waals surface area contributed by atoms with E-state index in [9.17, 15) is 10.1 Å². The Labute approximate surface area is 199 Å². The summed E-state index contributed by atoms with van der Waals surface area (Å²) in [6.07, 6.45) is 0.213. The topological polar surface area (TPSA) is 62.6 Å². The van der Waals surface area contributed by atoms with Crippen molar-refractivity contribution in [2.45, 2.75) is 64.6 Å². The average Bonchev–Trinajstić information content (AvgIpc) is 3.17. The van der Waals surface area contributed by atoms with Gasteiger partial charge < -0.3 is 14.1 Å². The minimum atomic E-state index is -2.72. The summed E-state index contributed by atoms with van der Waals surface area (Å²) < 4.78 is 12.7. The molecule has 2 aromatic rings. The van der Waals surface area contributed by atoms with E-state index in [4.69, 9.17) is 9.16 Å². The summed E-state index contributed by atoms with van der Waals surface area (Å²) in [5.74, 6) is -0.217. The molecule has 0 saturated carbocycles. The maximum atomic E-state index is 12.9. The third kappa shape index (κ3) is 5.48. The number of nitrogens with zero attached hydrogens (tertiary/aromatic N) is 2. The molecule has 1 aliphatic rings. The van der Waals surface area contributed by atoms with Gasteiger partial charge in [-0.25, -0.2) is 4.79 Å². The third-order valence-electron chi connectivity index (χ3n) is 6.13.